The van der Waals surface area contributed by atoms with Crippen molar-refractivity contribution in [3.8, 4) is 0 Å². The predicted octanol–water partition coefficient (Wildman–Crippen LogP) is 3.84. The Kier molecular flexibility index (Phi) is 3.61. The molecule has 0 aromatic heterocycles. The lowest BCUT2D eigenvalue weighted by Gasteiger charge is -2.67. The van der Waals surface area contributed by atoms with Crippen molar-refractivity contribution in [3.63, 3.8) is 0 Å². The van der Waals surface area contributed by atoms with Gasteiger partial charge in [-0.15, -0.1) is 0 Å². The first-order valence-electron chi connectivity index (χ1n) is 9.79. The summed E-state index contributed by atoms with van der Waals surface area (Å²) in [7, 11) is 1.68. The van der Waals surface area contributed by atoms with E-state index < -0.39 is 5.60 Å². The van der Waals surface area contributed by atoms with Crippen LogP contribution in [0.3, 0.4) is 0 Å². The predicted molar refractivity (Wildman–Crippen MR) is 100 cm³/mol. The van der Waals surface area contributed by atoms with Gasteiger partial charge in [-0.2, -0.15) is 0 Å². The van der Waals surface area contributed by atoms with Gasteiger partial charge < -0.3 is 10.1 Å². The zero-order valence-electron chi connectivity index (χ0n) is 16.3. The Morgan fingerprint density at radius 3 is 2.69 bits per heavy atom. The van der Waals surface area contributed by atoms with E-state index >= 15 is 0 Å². The first-order valence-corrected chi connectivity index (χ1v) is 9.79. The van der Waals surface area contributed by atoms with Gasteiger partial charge in [0.05, 0.1) is 5.70 Å². The van der Waals surface area contributed by atoms with Crippen molar-refractivity contribution in [2.24, 2.45) is 16.7 Å². The Balaban J connectivity index is 1.91. The molecule has 1 spiro atoms. The number of Topliss-reactive ketones (excluding diaryl/α,β-unsaturated/α-hetero) is 1. The minimum absolute atomic E-state index is 0.0905. The molecular formula is C22H29NO3. The van der Waals surface area contributed by atoms with Gasteiger partial charge in [0.15, 0.2) is 5.76 Å². The molecule has 2 fully saturated rings. The summed E-state index contributed by atoms with van der Waals surface area (Å²) in [5.41, 5.74) is 1.38. The van der Waals surface area contributed by atoms with E-state index in [2.05, 4.69) is 32.7 Å². The molecule has 0 aromatic rings. The van der Waals surface area contributed by atoms with Crippen LogP contribution in [-0.4, -0.2) is 24.2 Å². The molecule has 1 aliphatic heterocycles. The summed E-state index contributed by atoms with van der Waals surface area (Å²) in [6.07, 6.45) is 7.09. The number of ether oxygens (including phenoxy) is 1. The Labute approximate surface area is 155 Å². The molecule has 0 radical (unpaired) electrons. The highest BCUT2D eigenvalue weighted by atomic mass is 16.5. The molecule has 0 unspecified atom stereocenters. The lowest BCUT2D eigenvalue weighted by Crippen LogP contribution is -2.68. The molecule has 4 aliphatic rings. The highest BCUT2D eigenvalue weighted by molar-refractivity contribution is 6.21. The van der Waals surface area contributed by atoms with Crippen molar-refractivity contribution in [1.29, 1.82) is 0 Å². The molecule has 4 atom stereocenters. The molecule has 26 heavy (non-hydrogen) atoms. The quantitative estimate of drug-likeness (QED) is 0.574. The van der Waals surface area contributed by atoms with E-state index in [1.165, 1.54) is 11.6 Å². The zero-order chi connectivity index (χ0) is 18.9. The average Bonchev–Trinajstić information content (AvgIpc) is 2.61. The van der Waals surface area contributed by atoms with Crippen LogP contribution in [0.1, 0.15) is 59.3 Å². The standard InChI is InChI=1S/C22H29NO3/c1-13-7-6-9-22-20(13,3)10-8-14(2)21(22,4)12-15-18(25)16(23-5)11-17(24)19(15)26-22/h11,14,23H,1,6-10,12H2,2-5H3/t14-,20-,21+,22-/m0/s1. The molecule has 0 amide bonds. The molecule has 0 aromatic carbocycles. The molecule has 4 nitrogen and oxygen atoms in total. The smallest absolute Gasteiger partial charge is 0.223 e. The van der Waals surface area contributed by atoms with Crippen LogP contribution in [0.4, 0.5) is 0 Å². The molecule has 2 saturated carbocycles. The minimum atomic E-state index is -0.452. The van der Waals surface area contributed by atoms with Crippen LogP contribution in [0.15, 0.2) is 35.3 Å². The molecule has 0 bridgehead atoms. The maximum atomic E-state index is 12.9. The highest BCUT2D eigenvalue weighted by Gasteiger charge is 2.69. The van der Waals surface area contributed by atoms with Crippen LogP contribution >= 0.6 is 0 Å². The van der Waals surface area contributed by atoms with Gasteiger partial charge in [0, 0.05) is 29.5 Å². The van der Waals surface area contributed by atoms with E-state index in [0.717, 1.165) is 32.1 Å². The molecule has 140 valence electrons. The summed E-state index contributed by atoms with van der Waals surface area (Å²) in [6.45, 7) is 11.2. The van der Waals surface area contributed by atoms with Gasteiger partial charge in [-0.05, 0) is 44.4 Å². The summed E-state index contributed by atoms with van der Waals surface area (Å²) in [5.74, 6) is 0.438. The largest absolute Gasteiger partial charge is 0.481 e. The van der Waals surface area contributed by atoms with Crippen LogP contribution < -0.4 is 5.32 Å². The normalized spacial score (nSPS) is 42.4. The second-order valence-electron chi connectivity index (χ2n) is 9.06. The number of nitrogens with one attached hydrogen (secondary N) is 1. The van der Waals surface area contributed by atoms with Crippen molar-refractivity contribution in [2.75, 3.05) is 7.05 Å². The Bertz CT molecular complexity index is 791. The summed E-state index contributed by atoms with van der Waals surface area (Å²) in [4.78, 5) is 25.7. The van der Waals surface area contributed by atoms with Gasteiger partial charge in [-0.25, -0.2) is 0 Å². The summed E-state index contributed by atoms with van der Waals surface area (Å²) >= 11 is 0. The van der Waals surface area contributed by atoms with Crippen molar-refractivity contribution in [2.45, 2.75) is 64.9 Å². The van der Waals surface area contributed by atoms with Gasteiger partial charge >= 0.3 is 0 Å². The zero-order valence-corrected chi connectivity index (χ0v) is 16.3. The molecule has 3 aliphatic carbocycles. The fourth-order valence-electron chi connectivity index (χ4n) is 6.18. The van der Waals surface area contributed by atoms with Crippen LogP contribution in [0.2, 0.25) is 0 Å². The molecular weight excluding hydrogens is 326 g/mol. The Morgan fingerprint density at radius 2 is 2.00 bits per heavy atom. The van der Waals surface area contributed by atoms with E-state index in [9.17, 15) is 9.59 Å². The lowest BCUT2D eigenvalue weighted by molar-refractivity contribution is -0.231. The van der Waals surface area contributed by atoms with Gasteiger partial charge in [0.2, 0.25) is 11.6 Å². The van der Waals surface area contributed by atoms with Gasteiger partial charge in [0.25, 0.3) is 0 Å². The third-order valence-electron chi connectivity index (χ3n) is 8.15. The van der Waals surface area contributed by atoms with Gasteiger partial charge in [0.1, 0.15) is 5.60 Å². The van der Waals surface area contributed by atoms with Crippen molar-refractivity contribution in [3.05, 3.63) is 35.3 Å². The first-order chi connectivity index (χ1) is 12.2. The maximum absolute atomic E-state index is 12.9. The molecule has 1 N–H and O–H groups in total. The van der Waals surface area contributed by atoms with Crippen LogP contribution in [0.25, 0.3) is 0 Å². The Morgan fingerprint density at radius 1 is 1.27 bits per heavy atom. The van der Waals surface area contributed by atoms with E-state index in [-0.39, 0.29) is 22.4 Å². The number of rotatable bonds is 1. The minimum Gasteiger partial charge on any atom is -0.481 e. The van der Waals surface area contributed by atoms with Crippen LogP contribution in [-0.2, 0) is 14.3 Å². The topological polar surface area (TPSA) is 55.4 Å². The van der Waals surface area contributed by atoms with E-state index in [1.807, 2.05) is 0 Å². The molecule has 0 saturated heterocycles. The number of carbonyl (C=O) groups excluding carboxylic acids is 2. The molecule has 4 heteroatoms. The van der Waals surface area contributed by atoms with Gasteiger partial charge in [-0.1, -0.05) is 32.9 Å². The number of allylic oxidation sites excluding steroid dienone is 2. The average molecular weight is 355 g/mol. The summed E-state index contributed by atoms with van der Waals surface area (Å²) < 4.78 is 6.68. The van der Waals surface area contributed by atoms with Crippen LogP contribution in [0, 0.1) is 16.7 Å². The number of hydrogen-bond acceptors (Lipinski definition) is 4. The third kappa shape index (κ3) is 1.85. The fourth-order valence-corrected chi connectivity index (χ4v) is 6.18. The molecule has 4 rings (SSSR count). The Hall–Kier alpha value is -1.84. The summed E-state index contributed by atoms with van der Waals surface area (Å²) in [6, 6.07) is 0. The highest BCUT2D eigenvalue weighted by Crippen LogP contribution is 2.69. The van der Waals surface area contributed by atoms with Crippen LogP contribution in [0.5, 0.6) is 0 Å². The second-order valence-corrected chi connectivity index (χ2v) is 9.06. The number of likely N-dealkylation sites (N-methyl/N-ethyl adjacent to an activating group) is 1. The van der Waals surface area contributed by atoms with Gasteiger partial charge in [-0.3, -0.25) is 9.59 Å². The van der Waals surface area contributed by atoms with Crippen molar-refractivity contribution < 1.29 is 14.3 Å². The van der Waals surface area contributed by atoms with Crippen molar-refractivity contribution in [1.82, 2.24) is 5.32 Å². The first kappa shape index (κ1) is 17.6. The molecule has 1 heterocycles. The fraction of sp³-hybridized carbons (Fsp3) is 0.636. The maximum Gasteiger partial charge on any atom is 0.223 e. The second kappa shape index (κ2) is 5.34. The van der Waals surface area contributed by atoms with Crippen molar-refractivity contribution >= 4 is 11.6 Å². The number of carbonyl (C=O) groups is 2. The SMILES string of the molecule is C=C1CCC[C@@]23OC4=C(C[C@]2(C)[C@@H](C)CC[C@@]13C)C(=O)C(NC)=CC4=O. The van der Waals surface area contributed by atoms with E-state index in [0.29, 0.717) is 29.4 Å². The monoisotopic (exact) mass is 355 g/mol. The lowest BCUT2D eigenvalue weighted by atomic mass is 9.42. The summed E-state index contributed by atoms with van der Waals surface area (Å²) in [5, 5.41) is 2.87. The number of hydrogen-bond donors (Lipinski definition) is 1. The number of ketones is 2. The van der Waals surface area contributed by atoms with E-state index in [4.69, 9.17) is 4.74 Å². The van der Waals surface area contributed by atoms with E-state index in [1.54, 1.807) is 7.05 Å². The third-order valence-corrected chi connectivity index (χ3v) is 8.15.